The molecular weight excluding hydrogens is 476 g/mol. The van der Waals surface area contributed by atoms with Crippen molar-refractivity contribution in [2.24, 2.45) is 11.8 Å². The van der Waals surface area contributed by atoms with E-state index in [0.29, 0.717) is 23.2 Å². The summed E-state index contributed by atoms with van der Waals surface area (Å²) in [5.74, 6) is 1.24. The van der Waals surface area contributed by atoms with Gasteiger partial charge < -0.3 is 20.5 Å². The smallest absolute Gasteiger partial charge is 0.255 e. The molecule has 38 heavy (non-hydrogen) atoms. The van der Waals surface area contributed by atoms with Crippen molar-refractivity contribution in [3.63, 3.8) is 0 Å². The van der Waals surface area contributed by atoms with Crippen molar-refractivity contribution in [2.45, 2.75) is 25.8 Å². The fourth-order valence-corrected chi connectivity index (χ4v) is 6.22. The molecule has 1 saturated heterocycles. The number of rotatable bonds is 5. The lowest BCUT2D eigenvalue weighted by Crippen LogP contribution is -2.28. The number of fused-ring (bicyclic) bond motifs is 2. The average Bonchev–Trinajstić information content (AvgIpc) is 3.61. The van der Waals surface area contributed by atoms with E-state index in [4.69, 9.17) is 5.73 Å². The van der Waals surface area contributed by atoms with Gasteiger partial charge in [-0.2, -0.15) is 0 Å². The standard InChI is InChI=1S/C30H30N6O2/c1-3-26(37)35-14-20-12-23(13-21(20)15-35)36-16-25(27-28(31)32-17-33-29(27)36)19-9-10-24(18(2)11-19)30(38)34-22-7-5-4-6-8-22/h3-11,16-17,20-21,23H,1,12-15H2,2H3,(H,34,38)(H2,31,32,33). The van der Waals surface area contributed by atoms with E-state index < -0.39 is 0 Å². The number of aryl methyl sites for hydroxylation is 1. The molecule has 3 heterocycles. The molecule has 2 amide bonds. The van der Waals surface area contributed by atoms with Crippen molar-refractivity contribution >= 4 is 34.4 Å². The second-order valence-corrected chi connectivity index (χ2v) is 10.4. The maximum absolute atomic E-state index is 12.9. The minimum absolute atomic E-state index is 0.0152. The molecule has 2 atom stereocenters. The van der Waals surface area contributed by atoms with Crippen molar-refractivity contribution < 1.29 is 9.59 Å². The topological polar surface area (TPSA) is 106 Å². The van der Waals surface area contributed by atoms with Crippen molar-refractivity contribution in [1.29, 1.82) is 0 Å². The van der Waals surface area contributed by atoms with E-state index in [9.17, 15) is 9.59 Å². The normalized spacial score (nSPS) is 20.4. The lowest BCUT2D eigenvalue weighted by Gasteiger charge is -2.19. The fraction of sp³-hybridized carbons (Fsp3) is 0.267. The predicted molar refractivity (Wildman–Crippen MR) is 149 cm³/mol. The molecule has 2 aliphatic rings. The largest absolute Gasteiger partial charge is 0.383 e. The Hall–Kier alpha value is -4.46. The first kappa shape index (κ1) is 23.9. The number of likely N-dealkylation sites (tertiary alicyclic amines) is 1. The second kappa shape index (κ2) is 9.45. The maximum atomic E-state index is 12.9. The maximum Gasteiger partial charge on any atom is 0.255 e. The van der Waals surface area contributed by atoms with Crippen molar-refractivity contribution in [2.75, 3.05) is 24.1 Å². The number of aromatic nitrogens is 3. The number of carbonyl (C=O) groups is 2. The second-order valence-electron chi connectivity index (χ2n) is 10.4. The van der Waals surface area contributed by atoms with E-state index in [2.05, 4.69) is 32.6 Å². The third-order valence-corrected chi connectivity index (χ3v) is 8.06. The SMILES string of the molecule is C=CC(=O)N1CC2CC(n3cc(-c4ccc(C(=O)Nc5ccccc5)c(C)c4)c4c(N)ncnc43)CC2C1. The molecular formula is C30H30N6O2. The first-order valence-corrected chi connectivity index (χ1v) is 12.9. The highest BCUT2D eigenvalue weighted by molar-refractivity contribution is 6.06. The molecule has 8 nitrogen and oxygen atoms in total. The van der Waals surface area contributed by atoms with E-state index in [1.807, 2.05) is 60.4 Å². The van der Waals surface area contributed by atoms with Gasteiger partial charge in [-0.05, 0) is 67.0 Å². The summed E-state index contributed by atoms with van der Waals surface area (Å²) >= 11 is 0. The number of hydrogen-bond donors (Lipinski definition) is 2. The van der Waals surface area contributed by atoms with Gasteiger partial charge in [-0.3, -0.25) is 9.59 Å². The van der Waals surface area contributed by atoms with E-state index in [1.54, 1.807) is 0 Å². The number of nitrogens with two attached hydrogens (primary N) is 1. The zero-order chi connectivity index (χ0) is 26.4. The van der Waals surface area contributed by atoms with Crippen LogP contribution < -0.4 is 11.1 Å². The van der Waals surface area contributed by atoms with Gasteiger partial charge >= 0.3 is 0 Å². The third kappa shape index (κ3) is 4.12. The molecule has 192 valence electrons. The molecule has 1 aliphatic heterocycles. The number of anilines is 2. The van der Waals surface area contributed by atoms with Crippen LogP contribution in [0.1, 0.15) is 34.8 Å². The Morgan fingerprint density at radius 2 is 1.82 bits per heavy atom. The Balaban J connectivity index is 1.31. The van der Waals surface area contributed by atoms with Crippen LogP contribution in [0, 0.1) is 18.8 Å². The highest BCUT2D eigenvalue weighted by atomic mass is 16.2. The summed E-state index contributed by atoms with van der Waals surface area (Å²) < 4.78 is 2.24. The number of para-hydroxylation sites is 1. The molecule has 4 aromatic rings. The van der Waals surface area contributed by atoms with Crippen LogP contribution in [0.2, 0.25) is 0 Å². The minimum atomic E-state index is -0.146. The lowest BCUT2D eigenvalue weighted by molar-refractivity contribution is -0.125. The highest BCUT2D eigenvalue weighted by Gasteiger charge is 2.43. The van der Waals surface area contributed by atoms with Crippen LogP contribution in [-0.2, 0) is 4.79 Å². The predicted octanol–water partition coefficient (Wildman–Crippen LogP) is 4.84. The molecule has 1 saturated carbocycles. The van der Waals surface area contributed by atoms with Crippen molar-refractivity contribution in [3.8, 4) is 11.1 Å². The van der Waals surface area contributed by atoms with E-state index in [-0.39, 0.29) is 17.9 Å². The molecule has 0 radical (unpaired) electrons. The summed E-state index contributed by atoms with van der Waals surface area (Å²) in [6, 6.07) is 15.5. The summed E-state index contributed by atoms with van der Waals surface area (Å²) in [6.07, 6.45) is 7.02. The van der Waals surface area contributed by atoms with Crippen LogP contribution in [-0.4, -0.2) is 44.3 Å². The molecule has 2 aromatic heterocycles. The number of amides is 2. The van der Waals surface area contributed by atoms with Gasteiger partial charge in [0.05, 0.1) is 5.39 Å². The summed E-state index contributed by atoms with van der Waals surface area (Å²) in [4.78, 5) is 35.8. The highest BCUT2D eigenvalue weighted by Crippen LogP contribution is 2.46. The van der Waals surface area contributed by atoms with E-state index >= 15 is 0 Å². The Morgan fingerprint density at radius 1 is 1.08 bits per heavy atom. The van der Waals surface area contributed by atoms with Crippen LogP contribution in [0.3, 0.4) is 0 Å². The first-order valence-electron chi connectivity index (χ1n) is 12.9. The zero-order valence-corrected chi connectivity index (χ0v) is 21.3. The van der Waals surface area contributed by atoms with Gasteiger partial charge in [0.1, 0.15) is 17.8 Å². The van der Waals surface area contributed by atoms with Crippen LogP contribution in [0.4, 0.5) is 11.5 Å². The van der Waals surface area contributed by atoms with Gasteiger partial charge in [-0.1, -0.05) is 36.9 Å². The van der Waals surface area contributed by atoms with E-state index in [0.717, 1.165) is 59.3 Å². The van der Waals surface area contributed by atoms with Gasteiger partial charge in [0.2, 0.25) is 5.91 Å². The van der Waals surface area contributed by atoms with Crippen LogP contribution >= 0.6 is 0 Å². The van der Waals surface area contributed by atoms with Crippen LogP contribution in [0.5, 0.6) is 0 Å². The van der Waals surface area contributed by atoms with Gasteiger partial charge in [0.25, 0.3) is 5.91 Å². The fourth-order valence-electron chi connectivity index (χ4n) is 6.22. The monoisotopic (exact) mass is 506 g/mol. The molecule has 6 rings (SSSR count). The molecule has 2 fully saturated rings. The quantitative estimate of drug-likeness (QED) is 0.377. The molecule has 8 heteroatoms. The Labute approximate surface area is 221 Å². The lowest BCUT2D eigenvalue weighted by atomic mass is 9.99. The Morgan fingerprint density at radius 3 is 2.50 bits per heavy atom. The summed E-state index contributed by atoms with van der Waals surface area (Å²) in [7, 11) is 0. The number of hydrogen-bond acceptors (Lipinski definition) is 5. The molecule has 1 aliphatic carbocycles. The molecule has 0 bridgehead atoms. The zero-order valence-electron chi connectivity index (χ0n) is 21.3. The number of carbonyl (C=O) groups excluding carboxylic acids is 2. The molecule has 3 N–H and O–H groups in total. The molecule has 0 spiro atoms. The van der Waals surface area contributed by atoms with Gasteiger partial charge in [-0.25, -0.2) is 9.97 Å². The average molecular weight is 507 g/mol. The van der Waals surface area contributed by atoms with Gasteiger partial charge in [-0.15, -0.1) is 0 Å². The number of nitrogens with zero attached hydrogens (tertiary/aromatic N) is 4. The summed E-state index contributed by atoms with van der Waals surface area (Å²) in [6.45, 7) is 7.13. The summed E-state index contributed by atoms with van der Waals surface area (Å²) in [5, 5.41) is 3.79. The van der Waals surface area contributed by atoms with Crippen molar-refractivity contribution in [1.82, 2.24) is 19.4 Å². The molecule has 2 aromatic carbocycles. The number of nitrogens with one attached hydrogen (secondary N) is 1. The first-order chi connectivity index (χ1) is 18.4. The van der Waals surface area contributed by atoms with Crippen LogP contribution in [0.25, 0.3) is 22.2 Å². The Bertz CT molecular complexity index is 1550. The Kier molecular flexibility index (Phi) is 5.94. The van der Waals surface area contributed by atoms with Gasteiger partial charge in [0, 0.05) is 42.1 Å². The summed E-state index contributed by atoms with van der Waals surface area (Å²) in [5.41, 5.74) is 11.4. The molecule has 2 unspecified atom stereocenters. The third-order valence-electron chi connectivity index (χ3n) is 8.06. The van der Waals surface area contributed by atoms with E-state index in [1.165, 1.54) is 12.4 Å². The number of benzene rings is 2. The van der Waals surface area contributed by atoms with Gasteiger partial charge in [0.15, 0.2) is 0 Å². The minimum Gasteiger partial charge on any atom is -0.383 e. The number of nitrogen functional groups attached to an aromatic ring is 1. The van der Waals surface area contributed by atoms with Crippen LogP contribution in [0.15, 0.2) is 73.7 Å². The van der Waals surface area contributed by atoms with Crippen molar-refractivity contribution in [3.05, 3.63) is 84.8 Å².